The van der Waals surface area contributed by atoms with Crippen LogP contribution >= 0.6 is 15.9 Å². The molecule has 0 bridgehead atoms. The molecule has 114 valence electrons. The maximum Gasteiger partial charge on any atom is 0.407 e. The molecule has 1 atom stereocenters. The van der Waals surface area contributed by atoms with Gasteiger partial charge in [0.1, 0.15) is 12.4 Å². The van der Waals surface area contributed by atoms with E-state index in [9.17, 15) is 4.79 Å². The molecule has 0 aromatic heterocycles. The van der Waals surface area contributed by atoms with Crippen LogP contribution in [0.1, 0.15) is 23.6 Å². The van der Waals surface area contributed by atoms with E-state index in [1.165, 1.54) is 0 Å². The van der Waals surface area contributed by atoms with Gasteiger partial charge in [0, 0.05) is 12.0 Å². The molecule has 5 heteroatoms. The van der Waals surface area contributed by atoms with Crippen molar-refractivity contribution in [2.75, 3.05) is 6.61 Å². The van der Waals surface area contributed by atoms with Crippen LogP contribution in [0.25, 0.3) is 0 Å². The van der Waals surface area contributed by atoms with Crippen LogP contribution in [-0.2, 0) is 11.3 Å². The molecule has 0 fully saturated rings. The number of amides is 1. The summed E-state index contributed by atoms with van der Waals surface area (Å²) in [7, 11) is 0. The smallest absolute Gasteiger partial charge is 0.407 e. The summed E-state index contributed by atoms with van der Waals surface area (Å²) >= 11 is 3.47. The summed E-state index contributed by atoms with van der Waals surface area (Å²) in [6, 6.07) is 15.3. The molecule has 1 aliphatic heterocycles. The molecule has 0 saturated carbocycles. The minimum atomic E-state index is -0.415. The molecule has 3 rings (SSSR count). The fourth-order valence-electron chi connectivity index (χ4n) is 2.44. The highest BCUT2D eigenvalue weighted by molar-refractivity contribution is 9.10. The number of halogens is 1. The van der Waals surface area contributed by atoms with Crippen molar-refractivity contribution in [1.29, 1.82) is 0 Å². The highest BCUT2D eigenvalue weighted by atomic mass is 79.9. The number of benzene rings is 2. The monoisotopic (exact) mass is 361 g/mol. The van der Waals surface area contributed by atoms with Gasteiger partial charge in [-0.15, -0.1) is 0 Å². The predicted octanol–water partition coefficient (Wildman–Crippen LogP) is 4.20. The van der Waals surface area contributed by atoms with E-state index in [1.807, 2.05) is 48.5 Å². The van der Waals surface area contributed by atoms with Gasteiger partial charge in [0.15, 0.2) is 0 Å². The van der Waals surface area contributed by atoms with E-state index in [2.05, 4.69) is 21.2 Å². The fourth-order valence-corrected chi connectivity index (χ4v) is 2.94. The van der Waals surface area contributed by atoms with Crippen molar-refractivity contribution >= 4 is 22.0 Å². The van der Waals surface area contributed by atoms with Crippen LogP contribution in [0.4, 0.5) is 4.79 Å². The van der Waals surface area contributed by atoms with Crippen molar-refractivity contribution in [2.45, 2.75) is 19.1 Å². The van der Waals surface area contributed by atoms with Gasteiger partial charge in [-0.3, -0.25) is 0 Å². The van der Waals surface area contributed by atoms with E-state index in [0.717, 1.165) is 27.8 Å². The third kappa shape index (κ3) is 3.42. The zero-order chi connectivity index (χ0) is 15.4. The van der Waals surface area contributed by atoms with Gasteiger partial charge in [0.2, 0.25) is 0 Å². The summed E-state index contributed by atoms with van der Waals surface area (Å²) in [5.41, 5.74) is 1.94. The summed E-state index contributed by atoms with van der Waals surface area (Å²) in [5, 5.41) is 2.91. The largest absolute Gasteiger partial charge is 0.492 e. The van der Waals surface area contributed by atoms with E-state index in [0.29, 0.717) is 6.61 Å². The molecule has 22 heavy (non-hydrogen) atoms. The van der Waals surface area contributed by atoms with Gasteiger partial charge in [0.25, 0.3) is 0 Å². The number of fused-ring (bicyclic) bond motifs is 1. The number of alkyl carbamates (subject to hydrolysis) is 1. The molecule has 0 saturated heterocycles. The first-order chi connectivity index (χ1) is 10.7. The Balaban J connectivity index is 1.62. The van der Waals surface area contributed by atoms with Crippen molar-refractivity contribution in [3.8, 4) is 5.75 Å². The van der Waals surface area contributed by atoms with Crippen LogP contribution in [0.5, 0.6) is 5.75 Å². The fraction of sp³-hybridized carbons (Fsp3) is 0.235. The van der Waals surface area contributed by atoms with Crippen LogP contribution in [0.2, 0.25) is 0 Å². The predicted molar refractivity (Wildman–Crippen MR) is 86.8 cm³/mol. The van der Waals surface area contributed by atoms with E-state index in [1.54, 1.807) is 0 Å². The number of rotatable bonds is 3. The van der Waals surface area contributed by atoms with Gasteiger partial charge in [-0.1, -0.05) is 42.5 Å². The van der Waals surface area contributed by atoms with Crippen LogP contribution in [0.15, 0.2) is 53.0 Å². The summed E-state index contributed by atoms with van der Waals surface area (Å²) in [6.45, 7) is 0.834. The van der Waals surface area contributed by atoms with Crippen LogP contribution in [0, 0.1) is 0 Å². The van der Waals surface area contributed by atoms with Gasteiger partial charge in [-0.2, -0.15) is 0 Å². The van der Waals surface area contributed by atoms with Crippen LogP contribution in [0.3, 0.4) is 0 Å². The van der Waals surface area contributed by atoms with Crippen molar-refractivity contribution in [3.63, 3.8) is 0 Å². The second kappa shape index (κ2) is 6.83. The molecule has 1 amide bonds. The summed E-state index contributed by atoms with van der Waals surface area (Å²) in [5.74, 6) is 0.794. The third-order valence-electron chi connectivity index (χ3n) is 3.53. The van der Waals surface area contributed by atoms with E-state index in [-0.39, 0.29) is 12.6 Å². The number of hydrogen-bond donors (Lipinski definition) is 1. The molecule has 2 aromatic rings. The Morgan fingerprint density at radius 2 is 2.05 bits per heavy atom. The van der Waals surface area contributed by atoms with E-state index >= 15 is 0 Å². The lowest BCUT2D eigenvalue weighted by Gasteiger charge is -2.27. The lowest BCUT2D eigenvalue weighted by Crippen LogP contribution is -2.32. The number of nitrogens with one attached hydrogen (secondary N) is 1. The first kappa shape index (κ1) is 14.9. The molecule has 4 nitrogen and oxygen atoms in total. The van der Waals surface area contributed by atoms with Crippen LogP contribution < -0.4 is 10.1 Å². The maximum absolute atomic E-state index is 12.0. The number of ether oxygens (including phenoxy) is 2. The topological polar surface area (TPSA) is 47.6 Å². The summed E-state index contributed by atoms with van der Waals surface area (Å²) in [6.07, 6.45) is 0.311. The minimum Gasteiger partial charge on any atom is -0.492 e. The highest BCUT2D eigenvalue weighted by Crippen LogP contribution is 2.37. The highest BCUT2D eigenvalue weighted by Gasteiger charge is 2.24. The molecule has 0 aliphatic carbocycles. The second-order valence-corrected chi connectivity index (χ2v) is 5.91. The van der Waals surface area contributed by atoms with Crippen molar-refractivity contribution in [3.05, 3.63) is 64.1 Å². The summed E-state index contributed by atoms with van der Waals surface area (Å²) in [4.78, 5) is 12.0. The Labute approximate surface area is 137 Å². The molecule has 1 unspecified atom stereocenters. The Morgan fingerprint density at radius 3 is 2.86 bits per heavy atom. The quantitative estimate of drug-likeness (QED) is 0.890. The maximum atomic E-state index is 12.0. The first-order valence-corrected chi connectivity index (χ1v) is 7.92. The zero-order valence-corrected chi connectivity index (χ0v) is 13.5. The molecule has 0 spiro atoms. The Bertz CT molecular complexity index is 660. The Morgan fingerprint density at radius 1 is 1.23 bits per heavy atom. The standard InChI is InChI=1S/C17H16BrNO3/c18-14-8-4-7-13-15(9-10-21-16(13)14)19-17(20)22-11-12-5-2-1-3-6-12/h1-8,15H,9-11H2,(H,19,20). The Kier molecular flexibility index (Phi) is 4.63. The van der Waals surface area contributed by atoms with Gasteiger partial charge >= 0.3 is 6.09 Å². The van der Waals surface area contributed by atoms with Crippen molar-refractivity contribution in [1.82, 2.24) is 5.32 Å². The van der Waals surface area contributed by atoms with Crippen molar-refractivity contribution < 1.29 is 14.3 Å². The molecule has 2 aromatic carbocycles. The number of carbonyl (C=O) groups excluding carboxylic acids is 1. The molecule has 1 heterocycles. The SMILES string of the molecule is O=C(NC1CCOc2c(Br)cccc21)OCc1ccccc1. The zero-order valence-electron chi connectivity index (χ0n) is 11.9. The molecule has 0 radical (unpaired) electrons. The van der Waals surface area contributed by atoms with Gasteiger partial charge in [-0.25, -0.2) is 4.79 Å². The first-order valence-electron chi connectivity index (χ1n) is 7.12. The van der Waals surface area contributed by atoms with Gasteiger partial charge in [0.05, 0.1) is 17.1 Å². The average molecular weight is 362 g/mol. The van der Waals surface area contributed by atoms with Gasteiger partial charge in [-0.05, 0) is 27.6 Å². The Hall–Kier alpha value is -2.01. The van der Waals surface area contributed by atoms with Gasteiger partial charge < -0.3 is 14.8 Å². The number of para-hydroxylation sites is 1. The average Bonchev–Trinajstić information content (AvgIpc) is 2.55. The normalized spacial score (nSPS) is 16.3. The minimum absolute atomic E-state index is 0.0930. The van der Waals surface area contributed by atoms with Crippen molar-refractivity contribution in [2.24, 2.45) is 0 Å². The third-order valence-corrected chi connectivity index (χ3v) is 4.16. The number of hydrogen-bond acceptors (Lipinski definition) is 3. The van der Waals surface area contributed by atoms with E-state index < -0.39 is 6.09 Å². The van der Waals surface area contributed by atoms with Crippen LogP contribution in [-0.4, -0.2) is 12.7 Å². The molecular formula is C17H16BrNO3. The molecule has 1 aliphatic rings. The molecule has 1 N–H and O–H groups in total. The molecular weight excluding hydrogens is 346 g/mol. The lowest BCUT2D eigenvalue weighted by molar-refractivity contribution is 0.131. The second-order valence-electron chi connectivity index (χ2n) is 5.05. The summed E-state index contributed by atoms with van der Waals surface area (Å²) < 4.78 is 11.8. The van der Waals surface area contributed by atoms with E-state index in [4.69, 9.17) is 9.47 Å². The lowest BCUT2D eigenvalue weighted by atomic mass is 10.0. The number of carbonyl (C=O) groups is 1.